The lowest BCUT2D eigenvalue weighted by molar-refractivity contribution is 0.0697. The highest BCUT2D eigenvalue weighted by Crippen LogP contribution is 2.40. The number of aromatic carboxylic acids is 1. The van der Waals surface area contributed by atoms with Crippen molar-refractivity contribution in [3.8, 4) is 11.4 Å². The maximum atomic E-state index is 14.2. The van der Waals surface area contributed by atoms with Crippen LogP contribution < -0.4 is 0 Å². The van der Waals surface area contributed by atoms with Crippen molar-refractivity contribution in [2.24, 2.45) is 0 Å². The molecular formula is C24H20F2N2O3. The summed E-state index contributed by atoms with van der Waals surface area (Å²) in [4.78, 5) is 14.8. The number of carbonyl (C=O) groups is 1. The zero-order valence-corrected chi connectivity index (χ0v) is 16.9. The van der Waals surface area contributed by atoms with Crippen LogP contribution in [-0.4, -0.2) is 25.7 Å². The summed E-state index contributed by atoms with van der Waals surface area (Å²) in [6.07, 6.45) is 1.70. The number of halogens is 2. The first kappa shape index (κ1) is 20.5. The highest BCUT2D eigenvalue weighted by Gasteiger charge is 2.25. The predicted molar refractivity (Wildman–Crippen MR) is 113 cm³/mol. The minimum absolute atomic E-state index is 0.0202. The van der Waals surface area contributed by atoms with Crippen molar-refractivity contribution in [1.29, 1.82) is 0 Å². The van der Waals surface area contributed by atoms with E-state index < -0.39 is 17.7 Å². The van der Waals surface area contributed by atoms with Gasteiger partial charge in [-0.1, -0.05) is 26.0 Å². The SMILES string of the molecule is CC(C)c1c(Cc2ccc(C(=O)O)cc2)c2c(O)c(F)ncc2n1-c1ccc(F)cc1. The number of nitrogens with zero attached hydrogens (tertiary/aromatic N) is 2. The van der Waals surface area contributed by atoms with Gasteiger partial charge in [0, 0.05) is 11.4 Å². The van der Waals surface area contributed by atoms with Gasteiger partial charge in [-0.3, -0.25) is 0 Å². The number of aromatic hydroxyl groups is 1. The molecule has 7 heteroatoms. The van der Waals surface area contributed by atoms with Gasteiger partial charge >= 0.3 is 5.97 Å². The molecule has 0 saturated carbocycles. The maximum Gasteiger partial charge on any atom is 0.335 e. The van der Waals surface area contributed by atoms with Gasteiger partial charge in [0.15, 0.2) is 5.75 Å². The summed E-state index contributed by atoms with van der Waals surface area (Å²) < 4.78 is 29.6. The van der Waals surface area contributed by atoms with Crippen molar-refractivity contribution in [2.45, 2.75) is 26.2 Å². The molecule has 4 aromatic rings. The van der Waals surface area contributed by atoms with Gasteiger partial charge in [-0.25, -0.2) is 14.2 Å². The Hall–Kier alpha value is -3.74. The Morgan fingerprint density at radius 3 is 2.29 bits per heavy atom. The Kier molecular flexibility index (Phi) is 5.19. The normalized spacial score (nSPS) is 11.4. The van der Waals surface area contributed by atoms with Gasteiger partial charge in [0.1, 0.15) is 5.82 Å². The standard InChI is InChI=1S/C24H20F2N2O3/c1-13(2)21-18(11-14-3-5-15(6-4-14)24(30)31)20-19(12-27-23(26)22(20)29)28(21)17-9-7-16(25)8-10-17/h3-10,12-13,29H,11H2,1-2H3,(H,30,31). The molecule has 0 aliphatic heterocycles. The van der Waals surface area contributed by atoms with E-state index in [2.05, 4.69) is 4.98 Å². The van der Waals surface area contributed by atoms with E-state index in [4.69, 9.17) is 5.11 Å². The molecule has 0 unspecified atom stereocenters. The molecule has 0 bridgehead atoms. The Bertz CT molecular complexity index is 1280. The zero-order valence-electron chi connectivity index (χ0n) is 16.9. The fourth-order valence-corrected chi connectivity index (χ4v) is 3.95. The minimum Gasteiger partial charge on any atom is -0.503 e. The Morgan fingerprint density at radius 2 is 1.71 bits per heavy atom. The number of benzene rings is 2. The van der Waals surface area contributed by atoms with E-state index in [1.54, 1.807) is 24.3 Å². The van der Waals surface area contributed by atoms with Crippen LogP contribution in [0, 0.1) is 11.8 Å². The van der Waals surface area contributed by atoms with Crippen LogP contribution in [0.1, 0.15) is 46.9 Å². The van der Waals surface area contributed by atoms with Gasteiger partial charge < -0.3 is 14.8 Å². The van der Waals surface area contributed by atoms with E-state index in [1.807, 2.05) is 18.4 Å². The molecule has 0 radical (unpaired) electrons. The highest BCUT2D eigenvalue weighted by molar-refractivity contribution is 5.92. The van der Waals surface area contributed by atoms with Gasteiger partial charge in [-0.2, -0.15) is 4.39 Å². The third-order valence-electron chi connectivity index (χ3n) is 5.29. The van der Waals surface area contributed by atoms with Crippen LogP contribution in [0.3, 0.4) is 0 Å². The summed E-state index contributed by atoms with van der Waals surface area (Å²) in [6.45, 7) is 3.96. The van der Waals surface area contributed by atoms with Gasteiger partial charge in [-0.15, -0.1) is 0 Å². The molecule has 2 aromatic carbocycles. The average Bonchev–Trinajstić information content (AvgIpc) is 3.06. The fraction of sp³-hybridized carbons (Fsp3) is 0.167. The molecular weight excluding hydrogens is 402 g/mol. The lowest BCUT2D eigenvalue weighted by Crippen LogP contribution is -2.05. The number of pyridine rings is 1. The van der Waals surface area contributed by atoms with Crippen LogP contribution in [0.25, 0.3) is 16.6 Å². The van der Waals surface area contributed by atoms with Crippen LogP contribution in [0.2, 0.25) is 0 Å². The van der Waals surface area contributed by atoms with Gasteiger partial charge in [0.25, 0.3) is 5.95 Å². The lowest BCUT2D eigenvalue weighted by Gasteiger charge is -2.15. The number of carboxylic acid groups (broad SMARTS) is 1. The number of hydrogen-bond acceptors (Lipinski definition) is 3. The van der Waals surface area contributed by atoms with Gasteiger partial charge in [-0.05, 0) is 59.9 Å². The molecule has 0 atom stereocenters. The van der Waals surface area contributed by atoms with E-state index in [0.717, 1.165) is 11.3 Å². The molecule has 0 fully saturated rings. The van der Waals surface area contributed by atoms with E-state index >= 15 is 0 Å². The first-order chi connectivity index (χ1) is 14.8. The van der Waals surface area contributed by atoms with Crippen molar-refractivity contribution < 1.29 is 23.8 Å². The Morgan fingerprint density at radius 1 is 1.06 bits per heavy atom. The lowest BCUT2D eigenvalue weighted by atomic mass is 9.96. The van der Waals surface area contributed by atoms with Crippen molar-refractivity contribution in [3.05, 3.63) is 88.9 Å². The summed E-state index contributed by atoms with van der Waals surface area (Å²) in [6, 6.07) is 12.3. The largest absolute Gasteiger partial charge is 0.503 e. The average molecular weight is 422 g/mol. The van der Waals surface area contributed by atoms with Crippen LogP contribution in [-0.2, 0) is 6.42 Å². The van der Waals surface area contributed by atoms with Crippen LogP contribution in [0.4, 0.5) is 8.78 Å². The molecule has 0 aliphatic rings. The Labute approximate surface area is 177 Å². The number of hydrogen-bond donors (Lipinski definition) is 2. The summed E-state index contributed by atoms with van der Waals surface area (Å²) in [7, 11) is 0. The monoisotopic (exact) mass is 422 g/mol. The summed E-state index contributed by atoms with van der Waals surface area (Å²) in [5, 5.41) is 20.0. The first-order valence-electron chi connectivity index (χ1n) is 9.76. The van der Waals surface area contributed by atoms with Crippen LogP contribution >= 0.6 is 0 Å². The van der Waals surface area contributed by atoms with Crippen LogP contribution in [0.15, 0.2) is 54.7 Å². The number of rotatable bonds is 5. The van der Waals surface area contributed by atoms with Crippen molar-refractivity contribution in [1.82, 2.24) is 9.55 Å². The molecule has 158 valence electrons. The third kappa shape index (κ3) is 3.63. The number of aromatic nitrogens is 2. The topological polar surface area (TPSA) is 75.3 Å². The van der Waals surface area contributed by atoms with Gasteiger partial charge in [0.05, 0.1) is 22.7 Å². The molecule has 0 spiro atoms. The molecule has 0 saturated heterocycles. The van der Waals surface area contributed by atoms with E-state index in [1.165, 1.54) is 30.5 Å². The maximum absolute atomic E-state index is 14.2. The van der Waals surface area contributed by atoms with Gasteiger partial charge in [0.2, 0.25) is 0 Å². The smallest absolute Gasteiger partial charge is 0.335 e. The third-order valence-corrected chi connectivity index (χ3v) is 5.29. The predicted octanol–water partition coefficient (Wildman–Crippen LogP) is 5.42. The minimum atomic E-state index is -1.02. The summed E-state index contributed by atoms with van der Waals surface area (Å²) in [5.41, 5.74) is 3.67. The zero-order chi connectivity index (χ0) is 22.3. The quantitative estimate of drug-likeness (QED) is 0.421. The van der Waals surface area contributed by atoms with E-state index in [0.29, 0.717) is 28.6 Å². The second-order valence-corrected chi connectivity index (χ2v) is 7.67. The summed E-state index contributed by atoms with van der Waals surface area (Å²) in [5.74, 6) is -2.93. The molecule has 0 amide bonds. The second kappa shape index (κ2) is 7.83. The first-order valence-corrected chi connectivity index (χ1v) is 9.76. The van der Waals surface area contributed by atoms with Crippen molar-refractivity contribution in [3.63, 3.8) is 0 Å². The Balaban J connectivity index is 1.99. The molecule has 5 nitrogen and oxygen atoms in total. The molecule has 2 heterocycles. The number of carboxylic acids is 1. The van der Waals surface area contributed by atoms with Crippen LogP contribution in [0.5, 0.6) is 5.75 Å². The summed E-state index contributed by atoms with van der Waals surface area (Å²) >= 11 is 0. The molecule has 31 heavy (non-hydrogen) atoms. The molecule has 2 aromatic heterocycles. The molecule has 4 rings (SSSR count). The van der Waals surface area contributed by atoms with E-state index in [9.17, 15) is 18.7 Å². The van der Waals surface area contributed by atoms with Crippen molar-refractivity contribution >= 4 is 16.9 Å². The molecule has 0 aliphatic carbocycles. The van der Waals surface area contributed by atoms with Crippen molar-refractivity contribution in [2.75, 3.05) is 0 Å². The fourth-order valence-electron chi connectivity index (χ4n) is 3.95. The number of fused-ring (bicyclic) bond motifs is 1. The second-order valence-electron chi connectivity index (χ2n) is 7.67. The van der Waals surface area contributed by atoms with E-state index in [-0.39, 0.29) is 17.3 Å². The molecule has 2 N–H and O–H groups in total. The highest BCUT2D eigenvalue weighted by atomic mass is 19.1.